The number of benzene rings is 1. The molecular formula is C18H16FN3O4S2. The van der Waals surface area contributed by atoms with E-state index in [-0.39, 0.29) is 5.70 Å². The van der Waals surface area contributed by atoms with Crippen molar-refractivity contribution in [2.24, 2.45) is 5.73 Å². The Hall–Kier alpha value is -2.43. The molecule has 0 spiro atoms. The van der Waals surface area contributed by atoms with E-state index in [2.05, 4.69) is 5.32 Å². The Morgan fingerprint density at radius 2 is 2.18 bits per heavy atom. The fourth-order valence-electron chi connectivity index (χ4n) is 3.46. The molecule has 2 aliphatic rings. The summed E-state index contributed by atoms with van der Waals surface area (Å²) in [6, 6.07) is 2.63. The summed E-state index contributed by atoms with van der Waals surface area (Å²) in [5, 5.41) is 13.4. The molecule has 146 valence electrons. The number of carboxylic acid groups (broad SMARTS) is 1. The molecule has 1 aromatic heterocycles. The SMILES string of the molecule is CC1=C(C(=O)O)N2C(=O)C(NC(=O)[C@H](N)c3csc4cccc(F)c34)C2SC1. The molecule has 1 aromatic carbocycles. The second kappa shape index (κ2) is 6.87. The zero-order valence-corrected chi connectivity index (χ0v) is 16.3. The van der Waals surface area contributed by atoms with E-state index in [1.807, 2.05) is 0 Å². The summed E-state index contributed by atoms with van der Waals surface area (Å²) in [4.78, 5) is 37.7. The number of nitrogens with one attached hydrogen (secondary N) is 1. The predicted molar refractivity (Wildman–Crippen MR) is 104 cm³/mol. The number of thiophene rings is 1. The van der Waals surface area contributed by atoms with Crippen LogP contribution in [0.15, 0.2) is 34.8 Å². The van der Waals surface area contributed by atoms with Crippen LogP contribution in [0.4, 0.5) is 4.39 Å². The second-order valence-electron chi connectivity index (χ2n) is 6.61. The van der Waals surface area contributed by atoms with E-state index in [1.54, 1.807) is 24.4 Å². The molecule has 4 N–H and O–H groups in total. The minimum absolute atomic E-state index is 0.0329. The number of rotatable bonds is 4. The van der Waals surface area contributed by atoms with Crippen LogP contribution in [0.1, 0.15) is 18.5 Å². The summed E-state index contributed by atoms with van der Waals surface area (Å²) in [7, 11) is 0. The number of carbonyl (C=O) groups is 3. The first kappa shape index (κ1) is 18.9. The number of nitrogens with two attached hydrogens (primary N) is 1. The van der Waals surface area contributed by atoms with Crippen molar-refractivity contribution in [3.63, 3.8) is 0 Å². The van der Waals surface area contributed by atoms with Crippen molar-refractivity contribution in [3.05, 3.63) is 46.2 Å². The van der Waals surface area contributed by atoms with Gasteiger partial charge in [0.05, 0.1) is 0 Å². The van der Waals surface area contributed by atoms with Crippen LogP contribution in [-0.2, 0) is 14.4 Å². The van der Waals surface area contributed by atoms with E-state index >= 15 is 0 Å². The molecule has 10 heteroatoms. The summed E-state index contributed by atoms with van der Waals surface area (Å²) in [6.45, 7) is 1.66. The number of thioether (sulfide) groups is 1. The van der Waals surface area contributed by atoms with E-state index in [0.717, 1.165) is 0 Å². The van der Waals surface area contributed by atoms with Gasteiger partial charge in [-0.05, 0) is 35.6 Å². The molecule has 3 heterocycles. The highest BCUT2D eigenvalue weighted by Crippen LogP contribution is 2.40. The van der Waals surface area contributed by atoms with Crippen LogP contribution >= 0.6 is 23.1 Å². The first-order valence-electron chi connectivity index (χ1n) is 8.40. The van der Waals surface area contributed by atoms with E-state index in [4.69, 9.17) is 5.73 Å². The molecule has 1 saturated heterocycles. The van der Waals surface area contributed by atoms with Crippen LogP contribution in [-0.4, -0.2) is 45.0 Å². The molecule has 3 atom stereocenters. The van der Waals surface area contributed by atoms with Gasteiger partial charge < -0.3 is 16.2 Å². The lowest BCUT2D eigenvalue weighted by atomic mass is 10.0. The van der Waals surface area contributed by atoms with Crippen LogP contribution < -0.4 is 11.1 Å². The van der Waals surface area contributed by atoms with E-state index in [1.165, 1.54) is 34.1 Å². The Morgan fingerprint density at radius 3 is 2.89 bits per heavy atom. The number of halogens is 1. The minimum Gasteiger partial charge on any atom is -0.477 e. The summed E-state index contributed by atoms with van der Waals surface area (Å²) >= 11 is 2.66. The maximum Gasteiger partial charge on any atom is 0.352 e. The Bertz CT molecular complexity index is 1050. The second-order valence-corrected chi connectivity index (χ2v) is 8.63. The van der Waals surface area contributed by atoms with Gasteiger partial charge in [-0.3, -0.25) is 14.5 Å². The molecule has 0 saturated carbocycles. The van der Waals surface area contributed by atoms with Crippen LogP contribution in [0.25, 0.3) is 10.1 Å². The third kappa shape index (κ3) is 2.79. The predicted octanol–water partition coefficient (Wildman–Crippen LogP) is 1.80. The van der Waals surface area contributed by atoms with Crippen LogP contribution in [0, 0.1) is 5.82 Å². The summed E-state index contributed by atoms with van der Waals surface area (Å²) in [6.07, 6.45) is 0. The van der Waals surface area contributed by atoms with Gasteiger partial charge in [-0.1, -0.05) is 6.07 Å². The number of carboxylic acids is 1. The van der Waals surface area contributed by atoms with Gasteiger partial charge in [0.1, 0.15) is 29.0 Å². The number of hydrogen-bond donors (Lipinski definition) is 3. The van der Waals surface area contributed by atoms with Gasteiger partial charge in [0.2, 0.25) is 5.91 Å². The van der Waals surface area contributed by atoms with Gasteiger partial charge in [0.15, 0.2) is 0 Å². The van der Waals surface area contributed by atoms with Gasteiger partial charge in [-0.2, -0.15) is 0 Å². The molecule has 4 rings (SSSR count). The standard InChI is InChI=1S/C18H16FN3O4S2/c1-7-5-28-17-13(16(24)22(17)14(7)18(25)26)21-15(23)12(20)8-6-27-10-4-2-3-9(19)11(8)10/h2-4,6,12-13,17H,5,20H2,1H3,(H,21,23)(H,25,26)/t12-,13?,17?/m1/s1. The molecule has 0 aliphatic carbocycles. The highest BCUT2D eigenvalue weighted by molar-refractivity contribution is 8.00. The van der Waals surface area contributed by atoms with E-state index in [0.29, 0.717) is 27.0 Å². The topological polar surface area (TPSA) is 113 Å². The molecule has 0 bridgehead atoms. The number of aliphatic carboxylic acids is 1. The van der Waals surface area contributed by atoms with Crippen molar-refractivity contribution < 1.29 is 23.9 Å². The number of amides is 2. The molecule has 1 fully saturated rings. The highest BCUT2D eigenvalue weighted by Gasteiger charge is 2.54. The minimum atomic E-state index is -1.17. The first-order valence-corrected chi connectivity index (χ1v) is 10.3. The number of nitrogens with zero attached hydrogens (tertiary/aromatic N) is 1. The van der Waals surface area contributed by atoms with Crippen molar-refractivity contribution in [2.45, 2.75) is 24.4 Å². The van der Waals surface area contributed by atoms with Crippen LogP contribution in [0.5, 0.6) is 0 Å². The third-order valence-corrected chi connectivity index (χ3v) is 7.24. The molecule has 2 aromatic rings. The summed E-state index contributed by atoms with van der Waals surface area (Å²) < 4.78 is 14.9. The zero-order chi connectivity index (χ0) is 20.2. The van der Waals surface area contributed by atoms with Crippen molar-refractivity contribution in [2.75, 3.05) is 5.75 Å². The fraction of sp³-hybridized carbons (Fsp3) is 0.278. The average Bonchev–Trinajstić information content (AvgIpc) is 3.10. The van der Waals surface area contributed by atoms with Crippen molar-refractivity contribution in [3.8, 4) is 0 Å². The lowest BCUT2D eigenvalue weighted by Crippen LogP contribution is -2.71. The molecule has 2 amide bonds. The average molecular weight is 421 g/mol. The first-order chi connectivity index (χ1) is 13.3. The number of fused-ring (bicyclic) bond motifs is 2. The van der Waals surface area contributed by atoms with E-state index in [9.17, 15) is 23.9 Å². The van der Waals surface area contributed by atoms with Crippen LogP contribution in [0.3, 0.4) is 0 Å². The Labute approximate surface area is 167 Å². The van der Waals surface area contributed by atoms with E-state index < -0.39 is 41.1 Å². The molecule has 2 aliphatic heterocycles. The van der Waals surface area contributed by atoms with Crippen LogP contribution in [0.2, 0.25) is 0 Å². The molecule has 28 heavy (non-hydrogen) atoms. The zero-order valence-electron chi connectivity index (χ0n) is 14.6. The molecular weight excluding hydrogens is 405 g/mol. The normalized spacial score (nSPS) is 22.7. The van der Waals surface area contributed by atoms with Gasteiger partial charge in [-0.25, -0.2) is 9.18 Å². The maximum absolute atomic E-state index is 14.2. The number of carbonyl (C=O) groups excluding carboxylic acids is 2. The Kier molecular flexibility index (Phi) is 4.64. The number of hydrogen-bond acceptors (Lipinski definition) is 6. The van der Waals surface area contributed by atoms with Gasteiger partial charge in [0, 0.05) is 15.8 Å². The van der Waals surface area contributed by atoms with Crippen molar-refractivity contribution in [1.82, 2.24) is 10.2 Å². The highest BCUT2D eigenvalue weighted by atomic mass is 32.2. The van der Waals surface area contributed by atoms with Crippen molar-refractivity contribution in [1.29, 1.82) is 0 Å². The van der Waals surface area contributed by atoms with Gasteiger partial charge in [-0.15, -0.1) is 23.1 Å². The lowest BCUT2D eigenvalue weighted by Gasteiger charge is -2.49. The molecule has 0 radical (unpaired) electrons. The van der Waals surface area contributed by atoms with Gasteiger partial charge >= 0.3 is 5.97 Å². The maximum atomic E-state index is 14.2. The summed E-state index contributed by atoms with van der Waals surface area (Å²) in [5.41, 5.74) is 6.98. The Morgan fingerprint density at radius 1 is 1.43 bits per heavy atom. The third-order valence-electron chi connectivity index (χ3n) is 4.85. The quantitative estimate of drug-likeness (QED) is 0.649. The Balaban J connectivity index is 1.53. The van der Waals surface area contributed by atoms with Gasteiger partial charge in [0.25, 0.3) is 5.91 Å². The monoisotopic (exact) mass is 421 g/mol. The fourth-order valence-corrected chi connectivity index (χ4v) is 5.76. The smallest absolute Gasteiger partial charge is 0.352 e. The lowest BCUT2D eigenvalue weighted by molar-refractivity contribution is -0.150. The molecule has 7 nitrogen and oxygen atoms in total. The summed E-state index contributed by atoms with van der Waals surface area (Å²) in [5.74, 6) is -2.27. The molecule has 2 unspecified atom stereocenters. The number of β-lactam (4-membered cyclic amide) rings is 1. The van der Waals surface area contributed by atoms with Crippen molar-refractivity contribution >= 4 is 51.0 Å². The largest absolute Gasteiger partial charge is 0.477 e.